The maximum absolute atomic E-state index is 12.6. The van der Waals surface area contributed by atoms with Crippen molar-refractivity contribution in [2.24, 2.45) is 0 Å². The average molecular weight is 372 g/mol. The lowest BCUT2D eigenvalue weighted by atomic mass is 10.1. The number of benzene rings is 1. The Labute approximate surface area is 156 Å². The van der Waals surface area contributed by atoms with Gasteiger partial charge < -0.3 is 14.4 Å². The highest BCUT2D eigenvalue weighted by molar-refractivity contribution is 5.79. The van der Waals surface area contributed by atoms with Crippen molar-refractivity contribution in [3.8, 4) is 11.8 Å². The molecule has 1 aromatic carbocycles. The number of carbonyl (C=O) groups excluding carboxylic acids is 1. The third-order valence-electron chi connectivity index (χ3n) is 4.34. The first-order valence-corrected chi connectivity index (χ1v) is 8.59. The first-order valence-electron chi connectivity index (χ1n) is 8.59. The second-order valence-electron chi connectivity index (χ2n) is 6.19. The number of nitro groups is 1. The average Bonchev–Trinajstić information content (AvgIpc) is 2.69. The molecule has 1 unspecified atom stereocenters. The van der Waals surface area contributed by atoms with E-state index in [0.717, 1.165) is 18.4 Å². The fraction of sp³-hybridized carbons (Fsp3) is 0.389. The van der Waals surface area contributed by atoms with Crippen LogP contribution in [0.2, 0.25) is 0 Å². The van der Waals surface area contributed by atoms with Crippen LogP contribution in [0.5, 0.6) is 11.8 Å². The molecule has 3 rings (SSSR count). The van der Waals surface area contributed by atoms with Gasteiger partial charge in [0.25, 0.3) is 17.4 Å². The topological polar surface area (TPSA) is 108 Å². The highest BCUT2D eigenvalue weighted by atomic mass is 16.6. The number of likely N-dealkylation sites (tertiary alicyclic amines) is 1. The van der Waals surface area contributed by atoms with E-state index in [9.17, 15) is 14.9 Å². The predicted octanol–water partition coefficient (Wildman–Crippen LogP) is 2.01. The van der Waals surface area contributed by atoms with E-state index >= 15 is 0 Å². The van der Waals surface area contributed by atoms with Crippen molar-refractivity contribution >= 4 is 11.6 Å². The summed E-state index contributed by atoms with van der Waals surface area (Å²) in [7, 11) is 1.50. The molecular formula is C18H20N4O5. The minimum absolute atomic E-state index is 0.00977. The Morgan fingerprint density at radius 3 is 2.63 bits per heavy atom. The molecule has 0 spiro atoms. The van der Waals surface area contributed by atoms with Gasteiger partial charge in [-0.15, -0.1) is 0 Å². The number of aromatic nitrogens is 2. The van der Waals surface area contributed by atoms with Gasteiger partial charge in [-0.2, -0.15) is 0 Å². The molecule has 27 heavy (non-hydrogen) atoms. The van der Waals surface area contributed by atoms with Crippen molar-refractivity contribution in [2.45, 2.75) is 25.4 Å². The second kappa shape index (κ2) is 8.43. The lowest BCUT2D eigenvalue weighted by molar-refractivity contribution is -0.384. The van der Waals surface area contributed by atoms with Gasteiger partial charge in [0.05, 0.1) is 25.0 Å². The Hall–Kier alpha value is -3.23. The Morgan fingerprint density at radius 1 is 1.26 bits per heavy atom. The van der Waals surface area contributed by atoms with Gasteiger partial charge in [0, 0.05) is 31.1 Å². The number of piperidine rings is 1. The first-order chi connectivity index (χ1) is 13.1. The zero-order valence-electron chi connectivity index (χ0n) is 14.9. The highest BCUT2D eigenvalue weighted by Crippen LogP contribution is 2.24. The van der Waals surface area contributed by atoms with Gasteiger partial charge in [0.2, 0.25) is 5.91 Å². The van der Waals surface area contributed by atoms with Crippen LogP contribution in [0.1, 0.15) is 18.4 Å². The third-order valence-corrected chi connectivity index (χ3v) is 4.34. The molecule has 9 heteroatoms. The molecule has 0 radical (unpaired) electrons. The van der Waals surface area contributed by atoms with Crippen molar-refractivity contribution in [2.75, 3.05) is 20.2 Å². The molecule has 0 aliphatic carbocycles. The van der Waals surface area contributed by atoms with E-state index in [0.29, 0.717) is 24.8 Å². The van der Waals surface area contributed by atoms with Crippen LogP contribution in [0.4, 0.5) is 5.69 Å². The minimum Gasteiger partial charge on any atom is -0.477 e. The number of hydrogen-bond donors (Lipinski definition) is 0. The van der Waals surface area contributed by atoms with E-state index in [2.05, 4.69) is 9.97 Å². The fourth-order valence-electron chi connectivity index (χ4n) is 2.97. The largest absolute Gasteiger partial charge is 0.477 e. The molecule has 0 saturated carbocycles. The maximum atomic E-state index is 12.6. The van der Waals surface area contributed by atoms with E-state index in [4.69, 9.17) is 9.47 Å². The minimum atomic E-state index is -0.459. The maximum Gasteiger partial charge on any atom is 0.278 e. The predicted molar refractivity (Wildman–Crippen MR) is 95.6 cm³/mol. The quantitative estimate of drug-likeness (QED) is 0.564. The van der Waals surface area contributed by atoms with Gasteiger partial charge in [0.1, 0.15) is 6.10 Å². The number of carbonyl (C=O) groups is 1. The number of hydrogen-bond acceptors (Lipinski definition) is 7. The summed E-state index contributed by atoms with van der Waals surface area (Å²) >= 11 is 0. The number of nitrogens with zero attached hydrogens (tertiary/aromatic N) is 4. The molecule has 1 aromatic heterocycles. The molecule has 1 fully saturated rings. The Bertz CT molecular complexity index is 812. The summed E-state index contributed by atoms with van der Waals surface area (Å²) in [6, 6.07) is 6.03. The molecule has 9 nitrogen and oxygen atoms in total. The zero-order chi connectivity index (χ0) is 19.2. The van der Waals surface area contributed by atoms with E-state index in [1.807, 2.05) is 0 Å². The molecule has 2 aromatic rings. The van der Waals surface area contributed by atoms with Gasteiger partial charge >= 0.3 is 0 Å². The number of non-ortho nitro benzene ring substituents is 1. The summed E-state index contributed by atoms with van der Waals surface area (Å²) in [5.74, 6) is 0.588. The first kappa shape index (κ1) is 18.6. The third kappa shape index (κ3) is 4.69. The standard InChI is InChI=1S/C18H20N4O5/c1-26-17-18(20-9-8-19-17)27-15-3-2-10-21(12-15)16(23)11-13-4-6-14(7-5-13)22(24)25/h4-9,15H,2-3,10-12H2,1H3. The van der Waals surface area contributed by atoms with Gasteiger partial charge in [-0.1, -0.05) is 12.1 Å². The van der Waals surface area contributed by atoms with Crippen LogP contribution in [0.3, 0.4) is 0 Å². The molecule has 0 N–H and O–H groups in total. The summed E-state index contributed by atoms with van der Waals surface area (Å²) in [5.41, 5.74) is 0.750. The van der Waals surface area contributed by atoms with Crippen molar-refractivity contribution in [1.82, 2.24) is 14.9 Å². The van der Waals surface area contributed by atoms with Crippen molar-refractivity contribution < 1.29 is 19.2 Å². The monoisotopic (exact) mass is 372 g/mol. The zero-order valence-corrected chi connectivity index (χ0v) is 14.9. The second-order valence-corrected chi connectivity index (χ2v) is 6.19. The van der Waals surface area contributed by atoms with Gasteiger partial charge in [-0.3, -0.25) is 14.9 Å². The summed E-state index contributed by atoms with van der Waals surface area (Å²) < 4.78 is 11.0. The summed E-state index contributed by atoms with van der Waals surface area (Å²) in [5, 5.41) is 10.7. The van der Waals surface area contributed by atoms with E-state index in [1.165, 1.54) is 31.6 Å². The van der Waals surface area contributed by atoms with E-state index in [1.54, 1.807) is 17.0 Å². The molecule has 1 aliphatic rings. The number of ether oxygens (including phenoxy) is 2. The molecule has 1 atom stereocenters. The molecular weight excluding hydrogens is 352 g/mol. The van der Waals surface area contributed by atoms with Crippen LogP contribution < -0.4 is 9.47 Å². The summed E-state index contributed by atoms with van der Waals surface area (Å²) in [6.07, 6.45) is 4.68. The molecule has 0 bridgehead atoms. The summed E-state index contributed by atoms with van der Waals surface area (Å²) in [6.45, 7) is 1.11. The fourth-order valence-corrected chi connectivity index (χ4v) is 2.97. The van der Waals surface area contributed by atoms with Gasteiger partial charge in [-0.25, -0.2) is 9.97 Å². The lowest BCUT2D eigenvalue weighted by Crippen LogP contribution is -2.45. The highest BCUT2D eigenvalue weighted by Gasteiger charge is 2.26. The Kier molecular flexibility index (Phi) is 5.80. The number of amides is 1. The molecule has 2 heterocycles. The van der Waals surface area contributed by atoms with Crippen LogP contribution in [-0.4, -0.2) is 52.0 Å². The number of rotatable bonds is 6. The number of methoxy groups -OCH3 is 1. The van der Waals surface area contributed by atoms with Crippen LogP contribution >= 0.6 is 0 Å². The molecule has 1 saturated heterocycles. The SMILES string of the molecule is COc1nccnc1OC1CCCN(C(=O)Cc2ccc([N+](=O)[O-])cc2)C1. The van der Waals surface area contributed by atoms with Gasteiger partial charge in [-0.05, 0) is 18.4 Å². The van der Waals surface area contributed by atoms with E-state index in [-0.39, 0.29) is 24.1 Å². The smallest absolute Gasteiger partial charge is 0.278 e. The lowest BCUT2D eigenvalue weighted by Gasteiger charge is -2.32. The Balaban J connectivity index is 1.60. The Morgan fingerprint density at radius 2 is 1.96 bits per heavy atom. The molecule has 142 valence electrons. The van der Waals surface area contributed by atoms with E-state index < -0.39 is 4.92 Å². The molecule has 1 amide bonds. The summed E-state index contributed by atoms with van der Waals surface area (Å²) in [4.78, 5) is 32.8. The number of nitro benzene ring substituents is 1. The van der Waals surface area contributed by atoms with Crippen LogP contribution in [0, 0.1) is 10.1 Å². The van der Waals surface area contributed by atoms with Gasteiger partial charge in [0.15, 0.2) is 0 Å². The van der Waals surface area contributed by atoms with Crippen molar-refractivity contribution in [3.63, 3.8) is 0 Å². The van der Waals surface area contributed by atoms with Crippen LogP contribution in [0.25, 0.3) is 0 Å². The normalized spacial score (nSPS) is 16.6. The van der Waals surface area contributed by atoms with Crippen LogP contribution in [-0.2, 0) is 11.2 Å². The molecule has 1 aliphatic heterocycles. The van der Waals surface area contributed by atoms with Crippen LogP contribution in [0.15, 0.2) is 36.7 Å². The van der Waals surface area contributed by atoms with Crippen molar-refractivity contribution in [3.05, 3.63) is 52.3 Å². The van der Waals surface area contributed by atoms with Crippen molar-refractivity contribution in [1.29, 1.82) is 0 Å².